The Balaban J connectivity index is 1.74. The third-order valence-electron chi connectivity index (χ3n) is 3.56. The largest absolute Gasteiger partial charge is 0.347 e. The fourth-order valence-electron chi connectivity index (χ4n) is 2.47. The van der Waals surface area contributed by atoms with E-state index in [0.29, 0.717) is 5.69 Å². The number of hydrogen-bond donors (Lipinski definition) is 2. The number of hydrogen-bond acceptors (Lipinski definition) is 4. The molecule has 20 heavy (non-hydrogen) atoms. The van der Waals surface area contributed by atoms with Crippen LogP contribution >= 0.6 is 0 Å². The van der Waals surface area contributed by atoms with Crippen LogP contribution < -0.4 is 10.6 Å². The molecule has 1 amide bonds. The van der Waals surface area contributed by atoms with Gasteiger partial charge in [0.15, 0.2) is 0 Å². The quantitative estimate of drug-likeness (QED) is 0.868. The summed E-state index contributed by atoms with van der Waals surface area (Å²) in [6.07, 6.45) is 4.87. The Labute approximate surface area is 117 Å². The summed E-state index contributed by atoms with van der Waals surface area (Å²) in [5, 5.41) is 6.37. The average molecular weight is 270 g/mol. The van der Waals surface area contributed by atoms with E-state index in [1.54, 1.807) is 6.20 Å². The molecule has 1 aliphatic heterocycles. The van der Waals surface area contributed by atoms with E-state index in [1.807, 2.05) is 24.3 Å². The molecule has 1 saturated heterocycles. The Morgan fingerprint density at radius 1 is 1.25 bits per heavy atom. The number of nitrogens with zero attached hydrogens (tertiary/aromatic N) is 2. The minimum absolute atomic E-state index is 0.142. The van der Waals surface area contributed by atoms with E-state index in [9.17, 15) is 4.79 Å². The molecule has 0 spiro atoms. The van der Waals surface area contributed by atoms with E-state index in [1.165, 1.54) is 6.42 Å². The lowest BCUT2D eigenvalue weighted by atomic mass is 10.1. The molecule has 104 valence electrons. The average Bonchev–Trinajstić information content (AvgIpc) is 2.75. The second kappa shape index (κ2) is 5.96. The van der Waals surface area contributed by atoms with Crippen molar-refractivity contribution in [3.05, 3.63) is 36.2 Å². The van der Waals surface area contributed by atoms with Crippen LogP contribution in [0.25, 0.3) is 11.0 Å². The predicted molar refractivity (Wildman–Crippen MR) is 77.5 cm³/mol. The van der Waals surface area contributed by atoms with Gasteiger partial charge in [-0.1, -0.05) is 18.6 Å². The zero-order valence-electron chi connectivity index (χ0n) is 11.3. The number of benzene rings is 1. The molecular formula is C15H18N4O. The Bertz CT molecular complexity index is 606. The summed E-state index contributed by atoms with van der Waals surface area (Å²) >= 11 is 0. The van der Waals surface area contributed by atoms with Crippen molar-refractivity contribution in [1.82, 2.24) is 20.6 Å². The Morgan fingerprint density at radius 3 is 3.00 bits per heavy atom. The highest BCUT2D eigenvalue weighted by Gasteiger charge is 2.16. The minimum Gasteiger partial charge on any atom is -0.347 e. The molecule has 0 saturated carbocycles. The normalized spacial score (nSPS) is 19.5. The molecule has 1 atom stereocenters. The van der Waals surface area contributed by atoms with Crippen molar-refractivity contribution in [1.29, 1.82) is 0 Å². The van der Waals surface area contributed by atoms with Crippen molar-refractivity contribution in [2.24, 2.45) is 0 Å². The summed E-state index contributed by atoms with van der Waals surface area (Å²) in [7, 11) is 0. The molecular weight excluding hydrogens is 252 g/mol. The minimum atomic E-state index is -0.142. The fraction of sp³-hybridized carbons (Fsp3) is 0.400. The van der Waals surface area contributed by atoms with E-state index in [2.05, 4.69) is 20.6 Å². The second-order valence-electron chi connectivity index (χ2n) is 5.11. The van der Waals surface area contributed by atoms with Gasteiger partial charge in [-0.2, -0.15) is 0 Å². The van der Waals surface area contributed by atoms with Gasteiger partial charge in [0.2, 0.25) is 0 Å². The second-order valence-corrected chi connectivity index (χ2v) is 5.11. The first kappa shape index (κ1) is 13.0. The molecule has 1 unspecified atom stereocenters. The number of carbonyl (C=O) groups is 1. The van der Waals surface area contributed by atoms with Crippen molar-refractivity contribution >= 4 is 16.9 Å². The Kier molecular flexibility index (Phi) is 3.87. The lowest BCUT2D eigenvalue weighted by Gasteiger charge is -2.15. The SMILES string of the molecule is O=C(NC1CCCCNC1)c1cnc2ccccc2n1. The molecule has 0 radical (unpaired) electrons. The zero-order valence-corrected chi connectivity index (χ0v) is 11.3. The lowest BCUT2D eigenvalue weighted by molar-refractivity contribution is 0.0930. The monoisotopic (exact) mass is 270 g/mol. The van der Waals surface area contributed by atoms with Crippen LogP contribution in [0.5, 0.6) is 0 Å². The van der Waals surface area contributed by atoms with Crippen LogP contribution in [-0.4, -0.2) is 35.0 Å². The van der Waals surface area contributed by atoms with E-state index in [-0.39, 0.29) is 11.9 Å². The molecule has 5 nitrogen and oxygen atoms in total. The molecule has 2 N–H and O–H groups in total. The molecule has 2 heterocycles. The van der Waals surface area contributed by atoms with Gasteiger partial charge in [0.1, 0.15) is 5.69 Å². The van der Waals surface area contributed by atoms with Crippen molar-refractivity contribution in [3.63, 3.8) is 0 Å². The van der Waals surface area contributed by atoms with Crippen LogP contribution in [0.4, 0.5) is 0 Å². The number of nitrogens with one attached hydrogen (secondary N) is 2. The highest BCUT2D eigenvalue weighted by atomic mass is 16.1. The molecule has 0 bridgehead atoms. The van der Waals surface area contributed by atoms with Crippen LogP contribution in [0, 0.1) is 0 Å². The third kappa shape index (κ3) is 2.93. The summed E-state index contributed by atoms with van der Waals surface area (Å²) in [6, 6.07) is 7.74. The van der Waals surface area contributed by atoms with Crippen LogP contribution in [0.15, 0.2) is 30.5 Å². The Morgan fingerprint density at radius 2 is 2.10 bits per heavy atom. The summed E-state index contributed by atoms with van der Waals surface area (Å²) < 4.78 is 0. The number of carbonyl (C=O) groups excluding carboxylic acids is 1. The fourth-order valence-corrected chi connectivity index (χ4v) is 2.47. The molecule has 1 aliphatic rings. The first-order valence-electron chi connectivity index (χ1n) is 7.06. The molecule has 0 aliphatic carbocycles. The van der Waals surface area contributed by atoms with Gasteiger partial charge < -0.3 is 10.6 Å². The van der Waals surface area contributed by atoms with Crippen molar-refractivity contribution in [2.75, 3.05) is 13.1 Å². The highest BCUT2D eigenvalue weighted by Crippen LogP contribution is 2.09. The highest BCUT2D eigenvalue weighted by molar-refractivity contribution is 5.93. The predicted octanol–water partition coefficient (Wildman–Crippen LogP) is 1.50. The van der Waals surface area contributed by atoms with Crippen LogP contribution in [0.3, 0.4) is 0 Å². The standard InChI is InChI=1S/C15H18N4O/c20-15(18-11-5-3-4-8-16-9-11)14-10-17-12-6-1-2-7-13(12)19-14/h1-2,6-7,10-11,16H,3-5,8-9H2,(H,18,20). The summed E-state index contributed by atoms with van der Waals surface area (Å²) in [6.45, 7) is 1.86. The molecule has 1 fully saturated rings. The number of para-hydroxylation sites is 2. The number of aromatic nitrogens is 2. The van der Waals surface area contributed by atoms with Crippen LogP contribution in [-0.2, 0) is 0 Å². The molecule has 1 aromatic carbocycles. The number of fused-ring (bicyclic) bond motifs is 1. The summed E-state index contributed by atoms with van der Waals surface area (Å²) in [4.78, 5) is 20.9. The van der Waals surface area contributed by atoms with E-state index >= 15 is 0 Å². The van der Waals surface area contributed by atoms with E-state index in [0.717, 1.165) is 37.0 Å². The molecule has 3 rings (SSSR count). The van der Waals surface area contributed by atoms with Gasteiger partial charge in [-0.05, 0) is 31.5 Å². The van der Waals surface area contributed by atoms with Crippen molar-refractivity contribution in [2.45, 2.75) is 25.3 Å². The first-order valence-corrected chi connectivity index (χ1v) is 7.06. The lowest BCUT2D eigenvalue weighted by Crippen LogP contribution is -2.41. The maximum absolute atomic E-state index is 12.2. The van der Waals surface area contributed by atoms with Crippen molar-refractivity contribution in [3.8, 4) is 0 Å². The van der Waals surface area contributed by atoms with Gasteiger partial charge in [0, 0.05) is 12.6 Å². The summed E-state index contributed by atoms with van der Waals surface area (Å²) in [5.74, 6) is -0.142. The number of rotatable bonds is 2. The van der Waals surface area contributed by atoms with Crippen LogP contribution in [0.2, 0.25) is 0 Å². The maximum Gasteiger partial charge on any atom is 0.271 e. The number of amides is 1. The van der Waals surface area contributed by atoms with Crippen LogP contribution in [0.1, 0.15) is 29.8 Å². The molecule has 5 heteroatoms. The molecule has 2 aromatic rings. The van der Waals surface area contributed by atoms with Gasteiger partial charge in [-0.15, -0.1) is 0 Å². The summed E-state index contributed by atoms with van der Waals surface area (Å²) in [5.41, 5.74) is 1.94. The van der Waals surface area contributed by atoms with E-state index < -0.39 is 0 Å². The topological polar surface area (TPSA) is 66.9 Å². The van der Waals surface area contributed by atoms with Crippen molar-refractivity contribution < 1.29 is 4.79 Å². The van der Waals surface area contributed by atoms with E-state index in [4.69, 9.17) is 0 Å². The zero-order chi connectivity index (χ0) is 13.8. The van der Waals surface area contributed by atoms with Gasteiger partial charge >= 0.3 is 0 Å². The molecule has 1 aromatic heterocycles. The van der Waals surface area contributed by atoms with Gasteiger partial charge in [-0.25, -0.2) is 4.98 Å². The smallest absolute Gasteiger partial charge is 0.271 e. The Hall–Kier alpha value is -2.01. The first-order chi connectivity index (χ1) is 9.83. The van der Waals surface area contributed by atoms with Gasteiger partial charge in [-0.3, -0.25) is 9.78 Å². The van der Waals surface area contributed by atoms with Gasteiger partial charge in [0.25, 0.3) is 5.91 Å². The van der Waals surface area contributed by atoms with Gasteiger partial charge in [0.05, 0.1) is 17.2 Å². The maximum atomic E-state index is 12.2. The third-order valence-corrected chi connectivity index (χ3v) is 3.56.